The first kappa shape index (κ1) is 22.6. The van der Waals surface area contributed by atoms with Crippen molar-refractivity contribution < 1.29 is 4.79 Å². The molecule has 1 aliphatic rings. The van der Waals surface area contributed by atoms with E-state index in [0.717, 1.165) is 49.3 Å². The predicted molar refractivity (Wildman–Crippen MR) is 138 cm³/mol. The fourth-order valence-electron chi connectivity index (χ4n) is 4.44. The normalized spacial score (nSPS) is 14.6. The number of hydrogen-bond donors (Lipinski definition) is 0. The van der Waals surface area contributed by atoms with E-state index in [1.807, 2.05) is 16.5 Å². The SMILES string of the molecule is Cc1ccc(-c2nnc(SCC(=O)N3CCN(Cc4cccc5ccccc45)CC3)n2C)cc1. The Bertz CT molecular complexity index is 1290. The number of fused-ring (bicyclic) bond motifs is 1. The van der Waals surface area contributed by atoms with Crippen LogP contribution in [0.25, 0.3) is 22.2 Å². The summed E-state index contributed by atoms with van der Waals surface area (Å²) in [5.41, 5.74) is 3.59. The summed E-state index contributed by atoms with van der Waals surface area (Å²) in [5, 5.41) is 12.0. The molecular formula is C27H29N5OS. The lowest BCUT2D eigenvalue weighted by atomic mass is 10.0. The van der Waals surface area contributed by atoms with Crippen LogP contribution in [0.2, 0.25) is 0 Å². The van der Waals surface area contributed by atoms with Gasteiger partial charge in [-0.05, 0) is 23.3 Å². The van der Waals surface area contributed by atoms with Crippen LogP contribution in [0, 0.1) is 6.92 Å². The number of piperazine rings is 1. The summed E-state index contributed by atoms with van der Waals surface area (Å²) in [6, 6.07) is 23.3. The second-order valence-corrected chi connectivity index (χ2v) is 9.76. The number of aromatic nitrogens is 3. The molecule has 2 heterocycles. The number of thioether (sulfide) groups is 1. The van der Waals surface area contributed by atoms with Crippen LogP contribution < -0.4 is 0 Å². The summed E-state index contributed by atoms with van der Waals surface area (Å²) in [6.45, 7) is 6.28. The molecule has 0 saturated carbocycles. The molecule has 0 atom stereocenters. The van der Waals surface area contributed by atoms with Gasteiger partial charge in [0.1, 0.15) is 0 Å². The molecule has 1 fully saturated rings. The van der Waals surface area contributed by atoms with Crippen molar-refractivity contribution in [2.24, 2.45) is 7.05 Å². The monoisotopic (exact) mass is 471 g/mol. The molecule has 0 spiro atoms. The Morgan fingerprint density at radius 1 is 0.912 bits per heavy atom. The van der Waals surface area contributed by atoms with Gasteiger partial charge in [-0.1, -0.05) is 84.1 Å². The summed E-state index contributed by atoms with van der Waals surface area (Å²) in [7, 11) is 1.95. The minimum Gasteiger partial charge on any atom is -0.339 e. The van der Waals surface area contributed by atoms with E-state index in [4.69, 9.17) is 0 Å². The lowest BCUT2D eigenvalue weighted by Gasteiger charge is -2.35. The van der Waals surface area contributed by atoms with Crippen LogP contribution in [0.5, 0.6) is 0 Å². The first-order chi connectivity index (χ1) is 16.6. The van der Waals surface area contributed by atoms with Crippen molar-refractivity contribution in [1.29, 1.82) is 0 Å². The van der Waals surface area contributed by atoms with Crippen LogP contribution in [0.3, 0.4) is 0 Å². The number of carbonyl (C=O) groups excluding carboxylic acids is 1. The molecule has 0 bridgehead atoms. The van der Waals surface area contributed by atoms with Gasteiger partial charge in [0.15, 0.2) is 11.0 Å². The van der Waals surface area contributed by atoms with E-state index in [-0.39, 0.29) is 5.91 Å². The van der Waals surface area contributed by atoms with Gasteiger partial charge < -0.3 is 9.47 Å². The van der Waals surface area contributed by atoms with E-state index < -0.39 is 0 Å². The summed E-state index contributed by atoms with van der Waals surface area (Å²) < 4.78 is 1.96. The summed E-state index contributed by atoms with van der Waals surface area (Å²) >= 11 is 1.46. The molecule has 6 nitrogen and oxygen atoms in total. The minimum absolute atomic E-state index is 0.162. The van der Waals surface area contributed by atoms with Gasteiger partial charge in [0.05, 0.1) is 5.75 Å². The Morgan fingerprint density at radius 2 is 1.65 bits per heavy atom. The van der Waals surface area contributed by atoms with Gasteiger partial charge in [-0.3, -0.25) is 9.69 Å². The molecule has 7 heteroatoms. The number of aryl methyl sites for hydroxylation is 1. The summed E-state index contributed by atoms with van der Waals surface area (Å²) in [4.78, 5) is 17.3. The number of carbonyl (C=O) groups is 1. The van der Waals surface area contributed by atoms with Crippen LogP contribution in [0.1, 0.15) is 11.1 Å². The quantitative estimate of drug-likeness (QED) is 0.391. The Hall–Kier alpha value is -3.16. The van der Waals surface area contributed by atoms with Gasteiger partial charge in [0, 0.05) is 45.3 Å². The molecule has 0 N–H and O–H groups in total. The maximum atomic E-state index is 12.9. The standard InChI is InChI=1S/C27H29N5OS/c1-20-10-12-22(13-11-20)26-28-29-27(30(26)2)34-19-25(33)32-16-14-31(15-17-32)18-23-8-5-7-21-6-3-4-9-24(21)23/h3-13H,14-19H2,1-2H3. The van der Waals surface area contributed by atoms with Crippen LogP contribution >= 0.6 is 11.8 Å². The highest BCUT2D eigenvalue weighted by atomic mass is 32.2. The van der Waals surface area contributed by atoms with Crippen LogP contribution in [0.15, 0.2) is 71.9 Å². The smallest absolute Gasteiger partial charge is 0.233 e. The summed E-state index contributed by atoms with van der Waals surface area (Å²) in [5.74, 6) is 1.36. The molecule has 1 saturated heterocycles. The van der Waals surface area contributed by atoms with Crippen molar-refractivity contribution in [3.63, 3.8) is 0 Å². The molecule has 1 aromatic heterocycles. The Labute approximate surface area is 204 Å². The molecule has 4 aromatic rings. The van der Waals surface area contributed by atoms with E-state index in [1.165, 1.54) is 33.7 Å². The van der Waals surface area contributed by atoms with E-state index in [0.29, 0.717) is 5.75 Å². The second kappa shape index (κ2) is 9.99. The van der Waals surface area contributed by atoms with Gasteiger partial charge in [-0.2, -0.15) is 0 Å². The Balaban J connectivity index is 1.14. The predicted octanol–water partition coefficient (Wildman–Crippen LogP) is 4.38. The number of amides is 1. The van der Waals surface area contributed by atoms with E-state index in [2.05, 4.69) is 88.8 Å². The molecule has 5 rings (SSSR count). The average molecular weight is 472 g/mol. The first-order valence-corrected chi connectivity index (χ1v) is 12.6. The molecular weight excluding hydrogens is 442 g/mol. The zero-order valence-corrected chi connectivity index (χ0v) is 20.5. The Kier molecular flexibility index (Phi) is 6.65. The maximum absolute atomic E-state index is 12.9. The van der Waals surface area contributed by atoms with Gasteiger partial charge in [-0.15, -0.1) is 10.2 Å². The van der Waals surface area contributed by atoms with E-state index in [9.17, 15) is 4.79 Å². The fourth-order valence-corrected chi connectivity index (χ4v) is 5.25. The zero-order valence-electron chi connectivity index (χ0n) is 19.6. The lowest BCUT2D eigenvalue weighted by Crippen LogP contribution is -2.48. The topological polar surface area (TPSA) is 54.3 Å². The third kappa shape index (κ3) is 4.86. The highest BCUT2D eigenvalue weighted by Gasteiger charge is 2.22. The Morgan fingerprint density at radius 3 is 2.44 bits per heavy atom. The van der Waals surface area contributed by atoms with Crippen LogP contribution in [-0.4, -0.2) is 62.4 Å². The van der Waals surface area contributed by atoms with E-state index in [1.54, 1.807) is 0 Å². The van der Waals surface area contributed by atoms with Gasteiger partial charge in [0.25, 0.3) is 0 Å². The molecule has 0 unspecified atom stereocenters. The molecule has 174 valence electrons. The number of benzene rings is 3. The molecule has 3 aromatic carbocycles. The first-order valence-electron chi connectivity index (χ1n) is 11.6. The van der Waals surface area contributed by atoms with Crippen molar-refractivity contribution in [2.45, 2.75) is 18.6 Å². The number of rotatable bonds is 6. The van der Waals surface area contributed by atoms with Gasteiger partial charge in [-0.25, -0.2) is 0 Å². The van der Waals surface area contributed by atoms with Gasteiger partial charge >= 0.3 is 0 Å². The summed E-state index contributed by atoms with van der Waals surface area (Å²) in [6.07, 6.45) is 0. The van der Waals surface area contributed by atoms with Crippen molar-refractivity contribution in [3.8, 4) is 11.4 Å². The number of hydrogen-bond acceptors (Lipinski definition) is 5. The molecule has 34 heavy (non-hydrogen) atoms. The van der Waals surface area contributed by atoms with Crippen molar-refractivity contribution in [3.05, 3.63) is 77.9 Å². The largest absolute Gasteiger partial charge is 0.339 e. The average Bonchev–Trinajstić information content (AvgIpc) is 3.24. The lowest BCUT2D eigenvalue weighted by molar-refractivity contribution is -0.130. The van der Waals surface area contributed by atoms with Crippen molar-refractivity contribution >= 4 is 28.4 Å². The van der Waals surface area contributed by atoms with Crippen LogP contribution in [0.4, 0.5) is 0 Å². The molecule has 0 radical (unpaired) electrons. The van der Waals surface area contributed by atoms with Gasteiger partial charge in [0.2, 0.25) is 5.91 Å². The van der Waals surface area contributed by atoms with Crippen molar-refractivity contribution in [1.82, 2.24) is 24.6 Å². The number of nitrogens with zero attached hydrogens (tertiary/aromatic N) is 5. The highest BCUT2D eigenvalue weighted by Crippen LogP contribution is 2.24. The molecule has 1 aliphatic heterocycles. The van der Waals surface area contributed by atoms with Crippen molar-refractivity contribution in [2.75, 3.05) is 31.9 Å². The highest BCUT2D eigenvalue weighted by molar-refractivity contribution is 7.99. The molecule has 0 aliphatic carbocycles. The third-order valence-corrected chi connectivity index (χ3v) is 7.47. The minimum atomic E-state index is 0.162. The fraction of sp³-hybridized carbons (Fsp3) is 0.296. The maximum Gasteiger partial charge on any atom is 0.233 e. The second-order valence-electron chi connectivity index (χ2n) is 8.82. The zero-order chi connectivity index (χ0) is 23.5. The third-order valence-electron chi connectivity index (χ3n) is 6.47. The molecule has 1 amide bonds. The van der Waals surface area contributed by atoms with E-state index >= 15 is 0 Å². The van der Waals surface area contributed by atoms with Crippen LogP contribution in [-0.2, 0) is 18.4 Å².